The van der Waals surface area contributed by atoms with Gasteiger partial charge in [0.05, 0.1) is 6.54 Å². The van der Waals surface area contributed by atoms with Crippen molar-refractivity contribution in [2.75, 3.05) is 17.2 Å². The minimum Gasteiger partial charge on any atom is -0.370 e. The van der Waals surface area contributed by atoms with E-state index in [2.05, 4.69) is 47.4 Å². The Hall–Kier alpha value is -1.62. The van der Waals surface area contributed by atoms with E-state index in [-0.39, 0.29) is 0 Å². The minimum atomic E-state index is 0.565. The van der Waals surface area contributed by atoms with Crippen molar-refractivity contribution in [3.63, 3.8) is 0 Å². The van der Waals surface area contributed by atoms with E-state index in [4.69, 9.17) is 0 Å². The number of hydrogen-bond donors (Lipinski definition) is 2. The molecule has 5 heteroatoms. The first-order chi connectivity index (χ1) is 10.2. The van der Waals surface area contributed by atoms with Crippen LogP contribution in [0.1, 0.15) is 46.8 Å². The van der Waals surface area contributed by atoms with Gasteiger partial charge in [-0.1, -0.05) is 0 Å². The molecule has 1 saturated carbocycles. The van der Waals surface area contributed by atoms with Crippen molar-refractivity contribution in [2.24, 2.45) is 0 Å². The molecule has 1 aliphatic rings. The normalized spacial score (nSPS) is 14.2. The molecule has 0 bridgehead atoms. The summed E-state index contributed by atoms with van der Waals surface area (Å²) in [5.41, 5.74) is 1.37. The number of nitrogens with zero attached hydrogens (tertiary/aromatic N) is 2. The molecule has 0 saturated heterocycles. The highest BCUT2D eigenvalue weighted by atomic mass is 32.1. The highest BCUT2D eigenvalue weighted by Crippen LogP contribution is 2.38. The molecular weight excluding hydrogens is 280 g/mol. The Morgan fingerprint density at radius 1 is 1.14 bits per heavy atom. The van der Waals surface area contributed by atoms with Gasteiger partial charge >= 0.3 is 0 Å². The third-order valence-electron chi connectivity index (χ3n) is 3.70. The second kappa shape index (κ2) is 6.02. The van der Waals surface area contributed by atoms with Crippen LogP contribution in [0.2, 0.25) is 0 Å². The highest BCUT2D eigenvalue weighted by molar-refractivity contribution is 7.12. The SMILES string of the molecule is CCNc1cc(NCc2cc(C)c(C)s2)nc(C2CC2)n1. The van der Waals surface area contributed by atoms with Crippen molar-refractivity contribution in [2.45, 2.75) is 46.1 Å². The quantitative estimate of drug-likeness (QED) is 0.844. The van der Waals surface area contributed by atoms with Crippen molar-refractivity contribution >= 4 is 23.0 Å². The summed E-state index contributed by atoms with van der Waals surface area (Å²) in [5.74, 6) is 3.40. The molecule has 1 fully saturated rings. The summed E-state index contributed by atoms with van der Waals surface area (Å²) in [5, 5.41) is 6.74. The van der Waals surface area contributed by atoms with Crippen LogP contribution in [-0.2, 0) is 6.54 Å². The Balaban J connectivity index is 1.74. The fourth-order valence-electron chi connectivity index (χ4n) is 2.27. The molecule has 2 N–H and O–H groups in total. The third kappa shape index (κ3) is 3.53. The smallest absolute Gasteiger partial charge is 0.136 e. The Morgan fingerprint density at radius 3 is 2.43 bits per heavy atom. The maximum atomic E-state index is 4.66. The second-order valence-corrected chi connectivity index (χ2v) is 6.95. The van der Waals surface area contributed by atoms with E-state index >= 15 is 0 Å². The van der Waals surface area contributed by atoms with Crippen LogP contribution >= 0.6 is 11.3 Å². The molecule has 2 aromatic heterocycles. The van der Waals surface area contributed by atoms with E-state index in [9.17, 15) is 0 Å². The molecule has 112 valence electrons. The number of rotatable bonds is 6. The van der Waals surface area contributed by atoms with Crippen molar-refractivity contribution in [1.29, 1.82) is 0 Å². The average molecular weight is 302 g/mol. The van der Waals surface area contributed by atoms with Gasteiger partial charge in [-0.25, -0.2) is 9.97 Å². The Bertz CT molecular complexity index is 612. The lowest BCUT2D eigenvalue weighted by molar-refractivity contribution is 0.919. The largest absolute Gasteiger partial charge is 0.370 e. The lowest BCUT2D eigenvalue weighted by Crippen LogP contribution is -2.07. The molecule has 0 atom stereocenters. The number of hydrogen-bond acceptors (Lipinski definition) is 5. The number of aromatic nitrogens is 2. The van der Waals surface area contributed by atoms with Crippen LogP contribution < -0.4 is 10.6 Å². The molecule has 3 rings (SSSR count). The summed E-state index contributed by atoms with van der Waals surface area (Å²) >= 11 is 1.85. The summed E-state index contributed by atoms with van der Waals surface area (Å²) in [6.45, 7) is 8.12. The molecule has 0 aromatic carbocycles. The number of thiophene rings is 1. The molecule has 1 aliphatic carbocycles. The van der Waals surface area contributed by atoms with Gasteiger partial charge in [0, 0.05) is 28.3 Å². The van der Waals surface area contributed by atoms with Gasteiger partial charge in [0.25, 0.3) is 0 Å². The van der Waals surface area contributed by atoms with Crippen LogP contribution in [0.5, 0.6) is 0 Å². The fourth-order valence-corrected chi connectivity index (χ4v) is 3.26. The third-order valence-corrected chi connectivity index (χ3v) is 4.86. The highest BCUT2D eigenvalue weighted by Gasteiger charge is 2.27. The molecule has 0 aliphatic heterocycles. The zero-order chi connectivity index (χ0) is 14.8. The first-order valence-corrected chi connectivity index (χ1v) is 8.40. The summed E-state index contributed by atoms with van der Waals surface area (Å²) in [6.07, 6.45) is 2.44. The molecule has 2 aromatic rings. The second-order valence-electron chi connectivity index (χ2n) is 5.61. The minimum absolute atomic E-state index is 0.565. The zero-order valence-corrected chi connectivity index (χ0v) is 13.7. The summed E-state index contributed by atoms with van der Waals surface area (Å²) in [4.78, 5) is 12.0. The van der Waals surface area contributed by atoms with E-state index in [1.807, 2.05) is 17.4 Å². The number of aryl methyl sites for hydroxylation is 2. The van der Waals surface area contributed by atoms with Crippen molar-refractivity contribution < 1.29 is 0 Å². The number of nitrogens with one attached hydrogen (secondary N) is 2. The Labute approximate surface area is 130 Å². The average Bonchev–Trinajstić information content (AvgIpc) is 3.25. The maximum absolute atomic E-state index is 4.66. The van der Waals surface area contributed by atoms with Crippen LogP contribution in [0.25, 0.3) is 0 Å². The van der Waals surface area contributed by atoms with Crippen LogP contribution in [0.15, 0.2) is 12.1 Å². The Kier molecular flexibility index (Phi) is 4.10. The number of anilines is 2. The first-order valence-electron chi connectivity index (χ1n) is 7.58. The van der Waals surface area contributed by atoms with Gasteiger partial charge in [-0.2, -0.15) is 0 Å². The topological polar surface area (TPSA) is 49.8 Å². The summed E-state index contributed by atoms with van der Waals surface area (Å²) in [6, 6.07) is 4.25. The maximum Gasteiger partial charge on any atom is 0.136 e. The van der Waals surface area contributed by atoms with E-state index < -0.39 is 0 Å². The van der Waals surface area contributed by atoms with Gasteiger partial charge < -0.3 is 10.6 Å². The van der Waals surface area contributed by atoms with Gasteiger partial charge in [0.1, 0.15) is 17.5 Å². The summed E-state index contributed by atoms with van der Waals surface area (Å²) in [7, 11) is 0. The predicted octanol–water partition coefficient (Wildman–Crippen LogP) is 4.08. The molecule has 0 radical (unpaired) electrons. The van der Waals surface area contributed by atoms with E-state index in [1.165, 1.54) is 28.2 Å². The summed E-state index contributed by atoms with van der Waals surface area (Å²) < 4.78 is 0. The van der Waals surface area contributed by atoms with E-state index in [0.29, 0.717) is 5.92 Å². The van der Waals surface area contributed by atoms with Crippen molar-refractivity contribution in [3.8, 4) is 0 Å². The van der Waals surface area contributed by atoms with Gasteiger partial charge in [-0.3, -0.25) is 0 Å². The van der Waals surface area contributed by atoms with Crippen molar-refractivity contribution in [3.05, 3.63) is 33.3 Å². The predicted molar refractivity (Wildman–Crippen MR) is 89.3 cm³/mol. The van der Waals surface area contributed by atoms with Crippen LogP contribution in [-0.4, -0.2) is 16.5 Å². The van der Waals surface area contributed by atoms with Gasteiger partial charge in [0.15, 0.2) is 0 Å². The van der Waals surface area contributed by atoms with Crippen LogP contribution in [0.4, 0.5) is 11.6 Å². The molecule has 0 amide bonds. The van der Waals surface area contributed by atoms with Crippen molar-refractivity contribution in [1.82, 2.24) is 9.97 Å². The monoisotopic (exact) mass is 302 g/mol. The first kappa shape index (κ1) is 14.3. The van der Waals surface area contributed by atoms with Gasteiger partial charge in [-0.15, -0.1) is 11.3 Å². The molecule has 2 heterocycles. The van der Waals surface area contributed by atoms with Gasteiger partial charge in [-0.05, 0) is 45.2 Å². The zero-order valence-electron chi connectivity index (χ0n) is 12.9. The Morgan fingerprint density at radius 2 is 1.86 bits per heavy atom. The van der Waals surface area contributed by atoms with Gasteiger partial charge in [0.2, 0.25) is 0 Å². The lowest BCUT2D eigenvalue weighted by Gasteiger charge is -2.09. The van der Waals surface area contributed by atoms with Crippen LogP contribution in [0, 0.1) is 13.8 Å². The standard InChI is InChI=1S/C16H22N4S/c1-4-17-14-8-15(20-16(19-14)12-5-6-12)18-9-13-7-10(2)11(3)21-13/h7-8,12H,4-6,9H2,1-3H3,(H2,17,18,19,20). The van der Waals surface area contributed by atoms with E-state index in [1.54, 1.807) is 0 Å². The molecule has 21 heavy (non-hydrogen) atoms. The molecule has 4 nitrogen and oxygen atoms in total. The van der Waals surface area contributed by atoms with E-state index in [0.717, 1.165) is 30.5 Å². The lowest BCUT2D eigenvalue weighted by atomic mass is 10.3. The van der Waals surface area contributed by atoms with Crippen LogP contribution in [0.3, 0.4) is 0 Å². The molecular formula is C16H22N4S. The fraction of sp³-hybridized carbons (Fsp3) is 0.500. The molecule has 0 spiro atoms. The molecule has 0 unspecified atom stereocenters.